The van der Waals surface area contributed by atoms with Crippen LogP contribution in [0.25, 0.3) is 0 Å². The number of hydrogen-bond acceptors (Lipinski definition) is 3. The second kappa shape index (κ2) is 8.12. The number of carbonyl (C=O) groups is 2. The van der Waals surface area contributed by atoms with E-state index in [-0.39, 0.29) is 17.9 Å². The zero-order chi connectivity index (χ0) is 18.6. The van der Waals surface area contributed by atoms with E-state index in [1.807, 2.05) is 33.8 Å². The van der Waals surface area contributed by atoms with Crippen LogP contribution < -0.4 is 10.6 Å². The van der Waals surface area contributed by atoms with E-state index in [2.05, 4.69) is 15.6 Å². The Morgan fingerprint density at radius 3 is 2.36 bits per heavy atom. The van der Waals surface area contributed by atoms with E-state index in [1.54, 1.807) is 6.07 Å². The minimum Gasteiger partial charge on any atom is -0.350 e. The summed E-state index contributed by atoms with van der Waals surface area (Å²) in [6, 6.07) is 5.31. The SMILES string of the molecule is CCC(C)NC(=O)c1cncc(C(=O)Nc2c(C)cc(C)cc2Cl)c1. The number of benzene rings is 1. The van der Waals surface area contributed by atoms with Gasteiger partial charge in [0.2, 0.25) is 0 Å². The molecule has 0 saturated heterocycles. The molecule has 2 rings (SSSR count). The molecule has 2 amide bonds. The minimum atomic E-state index is -0.362. The third-order valence-electron chi connectivity index (χ3n) is 3.92. The van der Waals surface area contributed by atoms with Crippen LogP contribution in [0.2, 0.25) is 5.02 Å². The van der Waals surface area contributed by atoms with Crippen molar-refractivity contribution in [3.8, 4) is 0 Å². The molecule has 0 aliphatic rings. The van der Waals surface area contributed by atoms with Crippen molar-refractivity contribution in [3.63, 3.8) is 0 Å². The fraction of sp³-hybridized carbons (Fsp3) is 0.316. The van der Waals surface area contributed by atoms with Crippen molar-refractivity contribution in [2.24, 2.45) is 0 Å². The molecule has 1 aromatic carbocycles. The van der Waals surface area contributed by atoms with Gasteiger partial charge in [-0.2, -0.15) is 0 Å². The highest BCUT2D eigenvalue weighted by Crippen LogP contribution is 2.27. The predicted octanol–water partition coefficient (Wildman–Crippen LogP) is 4.13. The number of nitrogens with zero attached hydrogens (tertiary/aromatic N) is 1. The maximum Gasteiger partial charge on any atom is 0.257 e. The van der Waals surface area contributed by atoms with Crippen molar-refractivity contribution in [1.29, 1.82) is 0 Å². The number of aryl methyl sites for hydroxylation is 2. The average molecular weight is 360 g/mol. The molecule has 0 saturated carbocycles. The van der Waals surface area contributed by atoms with Gasteiger partial charge < -0.3 is 10.6 Å². The number of aromatic nitrogens is 1. The number of nitrogens with one attached hydrogen (secondary N) is 2. The Balaban J connectivity index is 2.21. The predicted molar refractivity (Wildman–Crippen MR) is 100 cm³/mol. The number of amides is 2. The van der Waals surface area contributed by atoms with Gasteiger partial charge in [-0.15, -0.1) is 0 Å². The van der Waals surface area contributed by atoms with Gasteiger partial charge in [-0.05, 0) is 50.5 Å². The van der Waals surface area contributed by atoms with Crippen LogP contribution in [0.15, 0.2) is 30.6 Å². The summed E-state index contributed by atoms with van der Waals surface area (Å²) in [7, 11) is 0. The smallest absolute Gasteiger partial charge is 0.257 e. The molecule has 0 aliphatic carbocycles. The van der Waals surface area contributed by atoms with Gasteiger partial charge in [0.1, 0.15) is 0 Å². The number of anilines is 1. The monoisotopic (exact) mass is 359 g/mol. The summed E-state index contributed by atoms with van der Waals surface area (Å²) in [5.41, 5.74) is 3.10. The molecule has 0 radical (unpaired) electrons. The topological polar surface area (TPSA) is 71.1 Å². The van der Waals surface area contributed by atoms with Crippen LogP contribution in [0.1, 0.15) is 52.1 Å². The Morgan fingerprint density at radius 2 is 1.76 bits per heavy atom. The quantitative estimate of drug-likeness (QED) is 0.843. The molecule has 0 fully saturated rings. The summed E-state index contributed by atoms with van der Waals surface area (Å²) in [6.07, 6.45) is 3.69. The molecule has 1 unspecified atom stereocenters. The summed E-state index contributed by atoms with van der Waals surface area (Å²) < 4.78 is 0. The van der Waals surface area contributed by atoms with Gasteiger partial charge in [0.05, 0.1) is 21.8 Å². The molecule has 5 nitrogen and oxygen atoms in total. The molecule has 2 N–H and O–H groups in total. The molecular weight excluding hydrogens is 338 g/mol. The Morgan fingerprint density at radius 1 is 1.12 bits per heavy atom. The fourth-order valence-electron chi connectivity index (χ4n) is 2.36. The Bertz CT molecular complexity index is 782. The second-order valence-electron chi connectivity index (χ2n) is 6.14. The Kier molecular flexibility index (Phi) is 6.15. The minimum absolute atomic E-state index is 0.0546. The maximum absolute atomic E-state index is 12.5. The zero-order valence-corrected chi connectivity index (χ0v) is 15.6. The normalized spacial score (nSPS) is 11.7. The van der Waals surface area contributed by atoms with Crippen molar-refractivity contribution in [2.45, 2.75) is 40.2 Å². The second-order valence-corrected chi connectivity index (χ2v) is 6.55. The summed E-state index contributed by atoms with van der Waals surface area (Å²) >= 11 is 6.23. The lowest BCUT2D eigenvalue weighted by molar-refractivity contribution is 0.0939. The van der Waals surface area contributed by atoms with Crippen LogP contribution in [-0.2, 0) is 0 Å². The van der Waals surface area contributed by atoms with Crippen LogP contribution >= 0.6 is 11.6 Å². The van der Waals surface area contributed by atoms with Gasteiger partial charge in [0, 0.05) is 18.4 Å². The van der Waals surface area contributed by atoms with Gasteiger partial charge in [0.15, 0.2) is 0 Å². The van der Waals surface area contributed by atoms with Crippen LogP contribution in [0.4, 0.5) is 5.69 Å². The third-order valence-corrected chi connectivity index (χ3v) is 4.22. The Hall–Kier alpha value is -2.40. The van der Waals surface area contributed by atoms with E-state index < -0.39 is 0 Å². The van der Waals surface area contributed by atoms with Crippen molar-refractivity contribution >= 4 is 29.1 Å². The number of pyridine rings is 1. The number of rotatable bonds is 5. The van der Waals surface area contributed by atoms with Gasteiger partial charge in [-0.1, -0.05) is 24.6 Å². The van der Waals surface area contributed by atoms with Crippen LogP contribution in [0.5, 0.6) is 0 Å². The summed E-state index contributed by atoms with van der Waals surface area (Å²) in [5.74, 6) is -0.611. The van der Waals surface area contributed by atoms with Crippen LogP contribution in [-0.4, -0.2) is 22.8 Å². The molecule has 1 atom stereocenters. The van der Waals surface area contributed by atoms with E-state index in [0.717, 1.165) is 17.5 Å². The van der Waals surface area contributed by atoms with Crippen molar-refractivity contribution in [1.82, 2.24) is 10.3 Å². The van der Waals surface area contributed by atoms with E-state index in [4.69, 9.17) is 11.6 Å². The summed E-state index contributed by atoms with van der Waals surface area (Å²) in [4.78, 5) is 28.7. The molecule has 1 heterocycles. The number of carbonyl (C=O) groups excluding carboxylic acids is 2. The van der Waals surface area contributed by atoms with Crippen LogP contribution in [0, 0.1) is 13.8 Å². The standard InChI is InChI=1S/C19H22ClN3O2/c1-5-13(4)22-18(24)14-8-15(10-21-9-14)19(25)23-17-12(3)6-11(2)7-16(17)20/h6-10,13H,5H2,1-4H3,(H,22,24)(H,23,25). The first-order valence-corrected chi connectivity index (χ1v) is 8.53. The lowest BCUT2D eigenvalue weighted by Gasteiger charge is -2.13. The van der Waals surface area contributed by atoms with Gasteiger partial charge in [-0.25, -0.2) is 0 Å². The van der Waals surface area contributed by atoms with Crippen LogP contribution in [0.3, 0.4) is 0 Å². The van der Waals surface area contributed by atoms with E-state index in [1.165, 1.54) is 18.5 Å². The molecular formula is C19H22ClN3O2. The Labute approximate surface area is 152 Å². The average Bonchev–Trinajstić information content (AvgIpc) is 2.57. The molecule has 25 heavy (non-hydrogen) atoms. The highest BCUT2D eigenvalue weighted by atomic mass is 35.5. The maximum atomic E-state index is 12.5. The van der Waals surface area contributed by atoms with Gasteiger partial charge in [-0.3, -0.25) is 14.6 Å². The highest BCUT2D eigenvalue weighted by molar-refractivity contribution is 6.34. The highest BCUT2D eigenvalue weighted by Gasteiger charge is 2.15. The van der Waals surface area contributed by atoms with E-state index in [0.29, 0.717) is 21.8 Å². The molecule has 0 spiro atoms. The molecule has 0 aliphatic heterocycles. The van der Waals surface area contributed by atoms with Gasteiger partial charge in [0.25, 0.3) is 11.8 Å². The first-order chi connectivity index (χ1) is 11.8. The molecule has 1 aromatic heterocycles. The van der Waals surface area contributed by atoms with Crippen molar-refractivity contribution in [3.05, 3.63) is 57.9 Å². The lowest BCUT2D eigenvalue weighted by Crippen LogP contribution is -2.32. The van der Waals surface area contributed by atoms with Crippen molar-refractivity contribution in [2.75, 3.05) is 5.32 Å². The van der Waals surface area contributed by atoms with E-state index >= 15 is 0 Å². The number of hydrogen-bond donors (Lipinski definition) is 2. The first kappa shape index (κ1) is 18.9. The first-order valence-electron chi connectivity index (χ1n) is 8.15. The fourth-order valence-corrected chi connectivity index (χ4v) is 2.73. The summed E-state index contributed by atoms with van der Waals surface area (Å²) in [5, 5.41) is 6.13. The largest absolute Gasteiger partial charge is 0.350 e. The van der Waals surface area contributed by atoms with Crippen molar-refractivity contribution < 1.29 is 9.59 Å². The lowest BCUT2D eigenvalue weighted by atomic mass is 10.1. The zero-order valence-electron chi connectivity index (χ0n) is 14.8. The number of halogens is 1. The molecule has 132 valence electrons. The van der Waals surface area contributed by atoms with E-state index in [9.17, 15) is 9.59 Å². The third kappa shape index (κ3) is 4.79. The van der Waals surface area contributed by atoms with Gasteiger partial charge >= 0.3 is 0 Å². The molecule has 6 heteroatoms. The molecule has 0 bridgehead atoms. The summed E-state index contributed by atoms with van der Waals surface area (Å²) in [6.45, 7) is 7.72. The molecule has 2 aromatic rings.